The van der Waals surface area contributed by atoms with Crippen molar-refractivity contribution in [1.29, 1.82) is 0 Å². The van der Waals surface area contributed by atoms with Crippen LogP contribution in [0.5, 0.6) is 0 Å². The molecule has 3 heterocycles. The third-order valence-corrected chi connectivity index (χ3v) is 5.33. The van der Waals surface area contributed by atoms with E-state index in [-0.39, 0.29) is 11.9 Å². The molecular formula is C22H28FN5O2. The van der Waals surface area contributed by atoms with E-state index in [0.717, 1.165) is 49.1 Å². The number of anilines is 2. The van der Waals surface area contributed by atoms with Crippen LogP contribution in [0.1, 0.15) is 32.0 Å². The lowest BCUT2D eigenvalue weighted by Gasteiger charge is -2.36. The molecule has 160 valence electrons. The summed E-state index contributed by atoms with van der Waals surface area (Å²) in [5.41, 5.74) is 2.50. The minimum Gasteiger partial charge on any atom is -0.444 e. The van der Waals surface area contributed by atoms with Crippen molar-refractivity contribution in [3.63, 3.8) is 0 Å². The number of aromatic nitrogens is 2. The Balaban J connectivity index is 1.37. The maximum atomic E-state index is 13.1. The van der Waals surface area contributed by atoms with E-state index in [2.05, 4.69) is 14.8 Å². The van der Waals surface area contributed by atoms with Gasteiger partial charge < -0.3 is 19.4 Å². The van der Waals surface area contributed by atoms with Crippen LogP contribution in [0.3, 0.4) is 0 Å². The van der Waals surface area contributed by atoms with Crippen LogP contribution in [-0.4, -0.2) is 59.3 Å². The molecule has 1 aromatic heterocycles. The molecule has 2 aliphatic heterocycles. The van der Waals surface area contributed by atoms with E-state index in [1.54, 1.807) is 4.90 Å². The van der Waals surface area contributed by atoms with Gasteiger partial charge in [0.1, 0.15) is 11.4 Å². The summed E-state index contributed by atoms with van der Waals surface area (Å²) in [6, 6.07) is 6.62. The van der Waals surface area contributed by atoms with E-state index in [4.69, 9.17) is 9.72 Å². The van der Waals surface area contributed by atoms with Gasteiger partial charge in [-0.2, -0.15) is 0 Å². The maximum absolute atomic E-state index is 13.1. The van der Waals surface area contributed by atoms with Crippen molar-refractivity contribution in [1.82, 2.24) is 14.9 Å². The molecule has 0 N–H and O–H groups in total. The summed E-state index contributed by atoms with van der Waals surface area (Å²) in [6.07, 6.45) is 2.23. The highest BCUT2D eigenvalue weighted by Gasteiger charge is 2.27. The molecule has 0 radical (unpaired) electrons. The molecule has 0 atom stereocenters. The van der Waals surface area contributed by atoms with Crippen LogP contribution >= 0.6 is 0 Å². The lowest BCUT2D eigenvalue weighted by Crippen LogP contribution is -2.47. The van der Waals surface area contributed by atoms with Crippen molar-refractivity contribution in [2.24, 2.45) is 0 Å². The molecule has 4 rings (SSSR count). The van der Waals surface area contributed by atoms with Gasteiger partial charge in [0.05, 0.1) is 12.2 Å². The van der Waals surface area contributed by atoms with Crippen molar-refractivity contribution in [3.05, 3.63) is 47.5 Å². The molecular weight excluding hydrogens is 385 g/mol. The summed E-state index contributed by atoms with van der Waals surface area (Å²) in [6.45, 7) is 9.95. The first-order valence-electron chi connectivity index (χ1n) is 10.4. The normalized spacial score (nSPS) is 17.0. The number of halogens is 1. The van der Waals surface area contributed by atoms with Gasteiger partial charge in [-0.1, -0.05) is 0 Å². The highest BCUT2D eigenvalue weighted by molar-refractivity contribution is 5.68. The fraction of sp³-hybridized carbons (Fsp3) is 0.500. The van der Waals surface area contributed by atoms with Gasteiger partial charge in [0, 0.05) is 56.6 Å². The Bertz CT molecular complexity index is 905. The maximum Gasteiger partial charge on any atom is 0.410 e. The second-order valence-electron chi connectivity index (χ2n) is 8.74. The SMILES string of the molecule is CC(C)(C)OC(=O)N1CCc2nc(N3CCN(c4ccc(F)cc4)CC3)ncc2C1. The molecule has 7 nitrogen and oxygen atoms in total. The molecule has 0 saturated carbocycles. The molecule has 8 heteroatoms. The minimum absolute atomic E-state index is 0.218. The van der Waals surface area contributed by atoms with Crippen LogP contribution in [0.4, 0.5) is 20.8 Å². The van der Waals surface area contributed by atoms with Crippen molar-refractivity contribution in [2.45, 2.75) is 39.3 Å². The van der Waals surface area contributed by atoms with Gasteiger partial charge in [-0.05, 0) is 45.0 Å². The Kier molecular flexibility index (Phi) is 5.49. The highest BCUT2D eigenvalue weighted by Crippen LogP contribution is 2.23. The standard InChI is InChI=1S/C22H28FN5O2/c1-22(2,3)30-21(29)28-9-8-19-16(15-28)14-24-20(25-19)27-12-10-26(11-13-27)18-6-4-17(23)5-7-18/h4-7,14H,8-13,15H2,1-3H3. The van der Waals surface area contributed by atoms with Crippen molar-refractivity contribution in [3.8, 4) is 0 Å². The first-order valence-corrected chi connectivity index (χ1v) is 10.4. The zero-order chi connectivity index (χ0) is 21.3. The summed E-state index contributed by atoms with van der Waals surface area (Å²) < 4.78 is 18.6. The number of rotatable bonds is 2. The van der Waals surface area contributed by atoms with Gasteiger partial charge in [0.15, 0.2) is 0 Å². The zero-order valence-corrected chi connectivity index (χ0v) is 17.8. The number of hydrogen-bond donors (Lipinski definition) is 0. The third kappa shape index (κ3) is 4.63. The molecule has 2 aromatic rings. The fourth-order valence-corrected chi connectivity index (χ4v) is 3.76. The minimum atomic E-state index is -0.506. The third-order valence-electron chi connectivity index (χ3n) is 5.33. The van der Waals surface area contributed by atoms with Gasteiger partial charge in [-0.25, -0.2) is 19.2 Å². The molecule has 1 fully saturated rings. The van der Waals surface area contributed by atoms with Gasteiger partial charge >= 0.3 is 6.09 Å². The van der Waals surface area contributed by atoms with Gasteiger partial charge in [-0.3, -0.25) is 0 Å². The largest absolute Gasteiger partial charge is 0.444 e. The lowest BCUT2D eigenvalue weighted by molar-refractivity contribution is 0.0222. The number of piperazine rings is 1. The average Bonchev–Trinajstić information content (AvgIpc) is 2.72. The van der Waals surface area contributed by atoms with Crippen molar-refractivity contribution in [2.75, 3.05) is 42.5 Å². The van der Waals surface area contributed by atoms with E-state index >= 15 is 0 Å². The molecule has 0 spiro atoms. The van der Waals surface area contributed by atoms with Crippen LogP contribution in [-0.2, 0) is 17.7 Å². The number of carbonyl (C=O) groups is 1. The first-order chi connectivity index (χ1) is 14.3. The average molecular weight is 413 g/mol. The predicted molar refractivity (Wildman–Crippen MR) is 113 cm³/mol. The first kappa shape index (κ1) is 20.4. The molecule has 0 aliphatic carbocycles. The van der Waals surface area contributed by atoms with Crippen LogP contribution in [0.2, 0.25) is 0 Å². The molecule has 1 saturated heterocycles. The number of carbonyl (C=O) groups excluding carboxylic acids is 1. The summed E-state index contributed by atoms with van der Waals surface area (Å²) in [7, 11) is 0. The van der Waals surface area contributed by atoms with Gasteiger partial charge in [0.25, 0.3) is 0 Å². The van der Waals surface area contributed by atoms with E-state index in [0.29, 0.717) is 19.5 Å². The Morgan fingerprint density at radius 2 is 1.70 bits per heavy atom. The van der Waals surface area contributed by atoms with E-state index in [1.165, 1.54) is 12.1 Å². The van der Waals surface area contributed by atoms with E-state index in [1.807, 2.05) is 39.1 Å². The number of ether oxygens (including phenoxy) is 1. The number of nitrogens with zero attached hydrogens (tertiary/aromatic N) is 5. The Labute approximate surface area is 176 Å². The Morgan fingerprint density at radius 3 is 2.37 bits per heavy atom. The molecule has 1 aromatic carbocycles. The Morgan fingerprint density at radius 1 is 1.03 bits per heavy atom. The van der Waals surface area contributed by atoms with Crippen LogP contribution in [0.25, 0.3) is 0 Å². The number of hydrogen-bond acceptors (Lipinski definition) is 6. The van der Waals surface area contributed by atoms with Crippen molar-refractivity contribution >= 4 is 17.7 Å². The summed E-state index contributed by atoms with van der Waals surface area (Å²) in [5.74, 6) is 0.517. The van der Waals surface area contributed by atoms with Crippen LogP contribution in [0.15, 0.2) is 30.5 Å². The van der Waals surface area contributed by atoms with Gasteiger partial charge in [-0.15, -0.1) is 0 Å². The zero-order valence-electron chi connectivity index (χ0n) is 17.8. The summed E-state index contributed by atoms with van der Waals surface area (Å²) in [4.78, 5) is 27.8. The monoisotopic (exact) mass is 413 g/mol. The molecule has 30 heavy (non-hydrogen) atoms. The predicted octanol–water partition coefficient (Wildman–Crippen LogP) is 3.24. The molecule has 0 unspecified atom stereocenters. The second-order valence-corrected chi connectivity index (χ2v) is 8.74. The van der Waals surface area contributed by atoms with Crippen molar-refractivity contribution < 1.29 is 13.9 Å². The fourth-order valence-electron chi connectivity index (χ4n) is 3.76. The van der Waals surface area contributed by atoms with Gasteiger partial charge in [0.2, 0.25) is 5.95 Å². The smallest absolute Gasteiger partial charge is 0.410 e. The summed E-state index contributed by atoms with van der Waals surface area (Å²) >= 11 is 0. The van der Waals surface area contributed by atoms with E-state index < -0.39 is 5.60 Å². The van der Waals surface area contributed by atoms with E-state index in [9.17, 15) is 9.18 Å². The van der Waals surface area contributed by atoms with Crippen LogP contribution in [0, 0.1) is 5.82 Å². The number of amides is 1. The topological polar surface area (TPSA) is 61.8 Å². The quantitative estimate of drug-likeness (QED) is 0.753. The molecule has 0 bridgehead atoms. The molecule has 1 amide bonds. The van der Waals surface area contributed by atoms with Crippen LogP contribution < -0.4 is 9.80 Å². The number of benzene rings is 1. The Hall–Kier alpha value is -2.90. The molecule has 2 aliphatic rings. The number of fused-ring (bicyclic) bond motifs is 1. The second kappa shape index (κ2) is 8.08. The highest BCUT2D eigenvalue weighted by atomic mass is 19.1. The lowest BCUT2D eigenvalue weighted by atomic mass is 10.1. The summed E-state index contributed by atoms with van der Waals surface area (Å²) in [5, 5.41) is 0.